The Morgan fingerprint density at radius 1 is 1.22 bits per heavy atom. The molecule has 3 aliphatic rings. The van der Waals surface area contributed by atoms with Gasteiger partial charge in [0.2, 0.25) is 4.33 Å². The molecule has 3 rings (SSSR count). The fraction of sp³-hybridized carbons (Fsp3) is 0.867. The van der Waals surface area contributed by atoms with Gasteiger partial charge in [0, 0.05) is 6.42 Å². The van der Waals surface area contributed by atoms with Crippen LogP contribution in [0.25, 0.3) is 0 Å². The van der Waals surface area contributed by atoms with Gasteiger partial charge in [-0.05, 0) is 34.6 Å². The summed E-state index contributed by atoms with van der Waals surface area (Å²) in [5.41, 5.74) is -2.08. The molecule has 3 fully saturated rings. The van der Waals surface area contributed by atoms with E-state index in [9.17, 15) is 9.59 Å². The SMILES string of the molecule is CC1(C)OC2O[C@]3(CC(=O)C3(Cl)Cl)[C@@H](OC(=O)C(C)(C)C)C2O1. The molecule has 0 aromatic heterocycles. The molecule has 2 unspecified atom stereocenters. The van der Waals surface area contributed by atoms with Crippen molar-refractivity contribution in [3.63, 3.8) is 0 Å². The van der Waals surface area contributed by atoms with Crippen LogP contribution in [0.1, 0.15) is 41.0 Å². The van der Waals surface area contributed by atoms with Gasteiger partial charge in [0.25, 0.3) is 0 Å². The molecule has 23 heavy (non-hydrogen) atoms. The van der Waals surface area contributed by atoms with Gasteiger partial charge in [0.15, 0.2) is 35.7 Å². The maximum atomic E-state index is 12.3. The average Bonchev–Trinajstić information content (AvgIpc) is 2.81. The number of alkyl halides is 2. The van der Waals surface area contributed by atoms with Crippen molar-refractivity contribution >= 4 is 35.0 Å². The van der Waals surface area contributed by atoms with Gasteiger partial charge < -0.3 is 18.9 Å². The molecule has 0 amide bonds. The first-order chi connectivity index (χ1) is 10.3. The molecule has 6 nitrogen and oxygen atoms in total. The predicted octanol–water partition coefficient (Wildman–Crippen LogP) is 2.34. The molecule has 2 saturated heterocycles. The van der Waals surface area contributed by atoms with E-state index in [-0.39, 0.29) is 12.2 Å². The molecule has 2 aliphatic heterocycles. The minimum Gasteiger partial charge on any atom is -0.456 e. The molecule has 4 atom stereocenters. The number of ether oxygens (including phenoxy) is 4. The zero-order chi connectivity index (χ0) is 17.4. The molecule has 0 aromatic rings. The van der Waals surface area contributed by atoms with Crippen LogP contribution in [0.2, 0.25) is 0 Å². The van der Waals surface area contributed by atoms with E-state index in [1.807, 2.05) is 0 Å². The largest absolute Gasteiger partial charge is 0.456 e. The van der Waals surface area contributed by atoms with E-state index in [0.29, 0.717) is 0 Å². The number of halogens is 2. The highest BCUT2D eigenvalue weighted by Crippen LogP contribution is 2.60. The molecule has 130 valence electrons. The first-order valence-electron chi connectivity index (χ1n) is 7.46. The summed E-state index contributed by atoms with van der Waals surface area (Å²) in [5, 5.41) is 0. The van der Waals surface area contributed by atoms with E-state index in [2.05, 4.69) is 0 Å². The highest BCUT2D eigenvalue weighted by molar-refractivity contribution is 6.61. The van der Waals surface area contributed by atoms with Gasteiger partial charge in [0.1, 0.15) is 0 Å². The summed E-state index contributed by atoms with van der Waals surface area (Å²) < 4.78 is 21.2. The summed E-state index contributed by atoms with van der Waals surface area (Å²) in [5.74, 6) is -1.72. The Morgan fingerprint density at radius 3 is 2.30 bits per heavy atom. The summed E-state index contributed by atoms with van der Waals surface area (Å²) in [6.45, 7) is 8.64. The standard InChI is InChI=1S/C15H20Cl2O6/c1-12(2,3)11(19)20-9-8-10(22-13(4,5)21-8)23-14(9)6-7(18)15(14,16)17/h8-10H,6H2,1-5H3/t8?,9-,10?,14+/m0/s1. The van der Waals surface area contributed by atoms with Crippen LogP contribution < -0.4 is 0 Å². The number of hydrogen-bond donors (Lipinski definition) is 0. The number of carbonyl (C=O) groups excluding carboxylic acids is 2. The molecular formula is C15H20Cl2O6. The smallest absolute Gasteiger partial charge is 0.311 e. The molecule has 0 aromatic carbocycles. The summed E-state index contributed by atoms with van der Waals surface area (Å²) in [6, 6.07) is 0. The maximum absolute atomic E-state index is 12.3. The van der Waals surface area contributed by atoms with Gasteiger partial charge in [-0.25, -0.2) is 0 Å². The first-order valence-corrected chi connectivity index (χ1v) is 8.21. The van der Waals surface area contributed by atoms with Crippen LogP contribution in [0.3, 0.4) is 0 Å². The highest BCUT2D eigenvalue weighted by atomic mass is 35.5. The Bertz CT molecular complexity index is 567. The van der Waals surface area contributed by atoms with Crippen LogP contribution in [0.5, 0.6) is 0 Å². The van der Waals surface area contributed by atoms with E-state index < -0.39 is 45.6 Å². The van der Waals surface area contributed by atoms with Gasteiger partial charge in [-0.3, -0.25) is 9.59 Å². The second-order valence-electron chi connectivity index (χ2n) is 7.73. The van der Waals surface area contributed by atoms with Crippen LogP contribution in [0.4, 0.5) is 0 Å². The minimum atomic E-state index is -1.79. The molecule has 1 saturated carbocycles. The van der Waals surface area contributed by atoms with Gasteiger partial charge in [0.05, 0.1) is 5.41 Å². The molecule has 8 heteroatoms. The Morgan fingerprint density at radius 2 is 1.83 bits per heavy atom. The Labute approximate surface area is 144 Å². The number of carbonyl (C=O) groups is 2. The Balaban J connectivity index is 1.93. The monoisotopic (exact) mass is 366 g/mol. The molecule has 0 radical (unpaired) electrons. The summed E-state index contributed by atoms with van der Waals surface area (Å²) in [7, 11) is 0. The van der Waals surface area contributed by atoms with E-state index in [1.54, 1.807) is 34.6 Å². The lowest BCUT2D eigenvalue weighted by atomic mass is 9.73. The van der Waals surface area contributed by atoms with E-state index in [1.165, 1.54) is 0 Å². The number of esters is 1. The van der Waals surface area contributed by atoms with Crippen molar-refractivity contribution in [3.8, 4) is 0 Å². The van der Waals surface area contributed by atoms with Crippen molar-refractivity contribution in [3.05, 3.63) is 0 Å². The minimum absolute atomic E-state index is 0.0533. The number of hydrogen-bond acceptors (Lipinski definition) is 6. The lowest BCUT2D eigenvalue weighted by molar-refractivity contribution is -0.255. The fourth-order valence-electron chi connectivity index (χ4n) is 3.03. The number of rotatable bonds is 1. The lowest BCUT2D eigenvalue weighted by Gasteiger charge is -2.50. The van der Waals surface area contributed by atoms with Crippen LogP contribution in [-0.4, -0.2) is 46.0 Å². The highest BCUT2D eigenvalue weighted by Gasteiger charge is 2.78. The van der Waals surface area contributed by atoms with Crippen LogP contribution >= 0.6 is 23.2 Å². The molecule has 0 N–H and O–H groups in total. The Hall–Kier alpha value is -0.400. The van der Waals surface area contributed by atoms with Gasteiger partial charge in [-0.2, -0.15) is 0 Å². The summed E-state index contributed by atoms with van der Waals surface area (Å²) >= 11 is 12.4. The third kappa shape index (κ3) is 2.42. The number of Topliss-reactive ketones (excluding diaryl/α,β-unsaturated/α-hetero) is 1. The summed E-state index contributed by atoms with van der Waals surface area (Å²) in [6.07, 6.45) is -2.47. The average molecular weight is 367 g/mol. The van der Waals surface area contributed by atoms with Crippen molar-refractivity contribution in [2.75, 3.05) is 0 Å². The second kappa shape index (κ2) is 4.82. The van der Waals surface area contributed by atoms with Crippen LogP contribution in [0.15, 0.2) is 0 Å². The molecular weight excluding hydrogens is 347 g/mol. The fourth-order valence-corrected chi connectivity index (χ4v) is 3.60. The third-order valence-electron chi connectivity index (χ3n) is 4.32. The van der Waals surface area contributed by atoms with Gasteiger partial charge in [-0.15, -0.1) is 0 Å². The zero-order valence-corrected chi connectivity index (χ0v) is 15.2. The van der Waals surface area contributed by atoms with Crippen molar-refractivity contribution in [2.45, 2.75) is 75.3 Å². The number of ketones is 1. The van der Waals surface area contributed by atoms with Crippen LogP contribution in [0, 0.1) is 5.41 Å². The van der Waals surface area contributed by atoms with Crippen molar-refractivity contribution in [2.24, 2.45) is 5.41 Å². The summed E-state index contributed by atoms with van der Waals surface area (Å²) in [4.78, 5) is 24.2. The van der Waals surface area contributed by atoms with Crippen molar-refractivity contribution < 1.29 is 28.5 Å². The quantitative estimate of drug-likeness (QED) is 0.523. The topological polar surface area (TPSA) is 71.1 Å². The normalized spacial score (nSPS) is 40.8. The van der Waals surface area contributed by atoms with E-state index in [4.69, 9.17) is 42.1 Å². The number of fused-ring (bicyclic) bond motifs is 1. The first kappa shape index (κ1) is 17.4. The maximum Gasteiger partial charge on any atom is 0.311 e. The molecule has 2 heterocycles. The van der Waals surface area contributed by atoms with Gasteiger partial charge >= 0.3 is 5.97 Å². The predicted molar refractivity (Wildman–Crippen MR) is 81.0 cm³/mol. The van der Waals surface area contributed by atoms with E-state index >= 15 is 0 Å². The van der Waals surface area contributed by atoms with Gasteiger partial charge in [-0.1, -0.05) is 23.2 Å². The van der Waals surface area contributed by atoms with Crippen molar-refractivity contribution in [1.82, 2.24) is 0 Å². The Kier molecular flexibility index (Phi) is 3.65. The molecule has 1 aliphatic carbocycles. The molecule has 0 bridgehead atoms. The third-order valence-corrected chi connectivity index (χ3v) is 5.39. The van der Waals surface area contributed by atoms with E-state index in [0.717, 1.165) is 0 Å². The zero-order valence-electron chi connectivity index (χ0n) is 13.6. The second-order valence-corrected chi connectivity index (χ2v) is 9.05. The molecule has 1 spiro atoms. The van der Waals surface area contributed by atoms with Crippen LogP contribution in [-0.2, 0) is 28.5 Å². The lowest BCUT2D eigenvalue weighted by Crippen LogP contribution is -2.70. The van der Waals surface area contributed by atoms with Crippen molar-refractivity contribution in [1.29, 1.82) is 0 Å².